The van der Waals surface area contributed by atoms with Gasteiger partial charge in [-0.15, -0.1) is 0 Å². The quantitative estimate of drug-likeness (QED) is 0.158. The minimum atomic E-state index is -0.458. The summed E-state index contributed by atoms with van der Waals surface area (Å²) >= 11 is 0. The minimum Gasteiger partial charge on any atom is -0.497 e. The van der Waals surface area contributed by atoms with E-state index in [4.69, 9.17) is 23.4 Å². The molecular formula is C37H33N3O9. The third kappa shape index (κ3) is 7.08. The highest BCUT2D eigenvalue weighted by molar-refractivity contribution is 6.01. The van der Waals surface area contributed by atoms with Gasteiger partial charge in [0.1, 0.15) is 29.3 Å². The second-order valence-corrected chi connectivity index (χ2v) is 11.4. The first kappa shape index (κ1) is 32.8. The number of amides is 2. The van der Waals surface area contributed by atoms with Crippen LogP contribution in [0.25, 0.3) is 11.1 Å². The third-order valence-electron chi connectivity index (χ3n) is 8.01. The van der Waals surface area contributed by atoms with Crippen LogP contribution in [0.15, 0.2) is 83.3 Å². The maximum atomic E-state index is 12.4. The Morgan fingerprint density at radius 2 is 1.39 bits per heavy atom. The molecule has 0 N–H and O–H groups in total. The van der Waals surface area contributed by atoms with E-state index >= 15 is 0 Å². The van der Waals surface area contributed by atoms with E-state index in [-0.39, 0.29) is 37.4 Å². The van der Waals surface area contributed by atoms with Gasteiger partial charge >= 0.3 is 5.97 Å². The maximum Gasteiger partial charge on any atom is 0.337 e. The Balaban J connectivity index is 0.000000170. The van der Waals surface area contributed by atoms with Gasteiger partial charge in [0.05, 0.1) is 37.7 Å². The van der Waals surface area contributed by atoms with Gasteiger partial charge in [-0.2, -0.15) is 0 Å². The number of hydrogen-bond donors (Lipinski definition) is 0. The number of oxazole rings is 1. The van der Waals surface area contributed by atoms with Gasteiger partial charge in [-0.05, 0) is 85.6 Å². The van der Waals surface area contributed by atoms with Crippen LogP contribution in [0.1, 0.15) is 44.7 Å². The lowest BCUT2D eigenvalue weighted by molar-refractivity contribution is -0.122. The molecule has 0 spiro atoms. The molecule has 4 aromatic carbocycles. The highest BCUT2D eigenvalue weighted by Gasteiger charge is 2.29. The Morgan fingerprint density at radius 3 is 2.00 bits per heavy atom. The molecule has 49 heavy (non-hydrogen) atoms. The SMILES string of the molecule is CC(=O)c1ccc2c(c1)N(Cc1nc3ccc(C)cc3o1)C(=O)CO2.COC(=O)c1ccc2c(c1)N(Cc1ccc(OC)cc1)C(=O)CO2. The first-order valence-electron chi connectivity index (χ1n) is 15.4. The Bertz CT molecular complexity index is 2070. The van der Waals surface area contributed by atoms with Crippen molar-refractivity contribution in [2.45, 2.75) is 26.9 Å². The molecule has 0 saturated heterocycles. The monoisotopic (exact) mass is 663 g/mol. The zero-order chi connectivity index (χ0) is 34.7. The summed E-state index contributed by atoms with van der Waals surface area (Å²) in [6.45, 7) is 3.95. The lowest BCUT2D eigenvalue weighted by atomic mass is 10.1. The molecular weight excluding hydrogens is 630 g/mol. The number of nitrogens with zero attached hydrogens (tertiary/aromatic N) is 3. The number of ether oxygens (including phenoxy) is 4. The van der Waals surface area contributed by atoms with Crippen molar-refractivity contribution in [1.82, 2.24) is 4.98 Å². The molecule has 0 aliphatic carbocycles. The number of esters is 1. The summed E-state index contributed by atoms with van der Waals surface area (Å²) in [6.07, 6.45) is 0. The van der Waals surface area contributed by atoms with Crippen molar-refractivity contribution in [3.05, 3.63) is 107 Å². The molecule has 0 unspecified atom stereocenters. The number of methoxy groups -OCH3 is 2. The summed E-state index contributed by atoms with van der Waals surface area (Å²) in [5.41, 5.74) is 5.47. The van der Waals surface area contributed by atoms with Crippen molar-refractivity contribution in [3.63, 3.8) is 0 Å². The van der Waals surface area contributed by atoms with Crippen molar-refractivity contribution in [3.8, 4) is 17.2 Å². The standard InChI is InChI=1S/C19H16N2O4.C18H17NO5/c1-11-3-5-14-17(7-11)25-18(20-14)9-21-15-8-13(12(2)22)4-6-16(15)24-10-19(21)23;1-22-14-6-3-12(4-7-14)10-19-15-9-13(18(21)23-2)5-8-16(15)24-11-17(19)20/h3-8H,9-10H2,1-2H3;3-9H,10-11H2,1-2H3. The van der Waals surface area contributed by atoms with Crippen LogP contribution in [0.3, 0.4) is 0 Å². The third-order valence-corrected chi connectivity index (χ3v) is 8.01. The van der Waals surface area contributed by atoms with Crippen LogP contribution < -0.4 is 24.0 Å². The first-order chi connectivity index (χ1) is 23.6. The summed E-state index contributed by atoms with van der Waals surface area (Å²) < 4.78 is 26.6. The number of aromatic nitrogens is 1. The van der Waals surface area contributed by atoms with Gasteiger partial charge in [0.25, 0.3) is 11.8 Å². The predicted molar refractivity (Wildman–Crippen MR) is 179 cm³/mol. The highest BCUT2D eigenvalue weighted by Crippen LogP contribution is 2.36. The molecule has 0 saturated carbocycles. The van der Waals surface area contributed by atoms with Crippen molar-refractivity contribution >= 4 is 46.0 Å². The molecule has 2 aliphatic rings. The number of benzene rings is 4. The fourth-order valence-electron chi connectivity index (χ4n) is 5.41. The topological polar surface area (TPSA) is 138 Å². The molecule has 0 radical (unpaired) electrons. The lowest BCUT2D eigenvalue weighted by Gasteiger charge is -2.29. The van der Waals surface area contributed by atoms with Gasteiger partial charge in [0.15, 0.2) is 24.6 Å². The average molecular weight is 664 g/mol. The normalized spacial score (nSPS) is 13.4. The smallest absolute Gasteiger partial charge is 0.337 e. The fourth-order valence-corrected chi connectivity index (χ4v) is 5.41. The van der Waals surface area contributed by atoms with Crippen LogP contribution in [-0.4, -0.2) is 56.0 Å². The minimum absolute atomic E-state index is 0.0271. The van der Waals surface area contributed by atoms with Gasteiger partial charge in [0, 0.05) is 5.56 Å². The lowest BCUT2D eigenvalue weighted by Crippen LogP contribution is -2.38. The second kappa shape index (κ2) is 13.9. The van der Waals surface area contributed by atoms with Crippen LogP contribution in [0.4, 0.5) is 11.4 Å². The van der Waals surface area contributed by atoms with Gasteiger partial charge in [-0.3, -0.25) is 19.3 Å². The summed E-state index contributed by atoms with van der Waals surface area (Å²) in [5.74, 6) is 1.42. The number of fused-ring (bicyclic) bond motifs is 3. The van der Waals surface area contributed by atoms with Crippen molar-refractivity contribution in [2.75, 3.05) is 37.2 Å². The van der Waals surface area contributed by atoms with E-state index in [1.54, 1.807) is 53.3 Å². The van der Waals surface area contributed by atoms with E-state index in [0.717, 1.165) is 22.4 Å². The Morgan fingerprint density at radius 1 is 0.776 bits per heavy atom. The number of carbonyl (C=O) groups is 4. The highest BCUT2D eigenvalue weighted by atomic mass is 16.5. The molecule has 5 aromatic rings. The summed E-state index contributed by atoms with van der Waals surface area (Å²) in [7, 11) is 2.92. The molecule has 12 heteroatoms. The second-order valence-electron chi connectivity index (χ2n) is 11.4. The first-order valence-corrected chi connectivity index (χ1v) is 15.4. The zero-order valence-electron chi connectivity index (χ0n) is 27.3. The largest absolute Gasteiger partial charge is 0.497 e. The number of carbonyl (C=O) groups excluding carboxylic acids is 4. The van der Waals surface area contributed by atoms with Crippen LogP contribution in [-0.2, 0) is 27.4 Å². The molecule has 1 aromatic heterocycles. The van der Waals surface area contributed by atoms with E-state index in [1.807, 2.05) is 49.4 Å². The van der Waals surface area contributed by atoms with Crippen LogP contribution in [0, 0.1) is 6.92 Å². The Hall–Kier alpha value is -6.17. The van der Waals surface area contributed by atoms with Gasteiger partial charge in [0.2, 0.25) is 5.89 Å². The zero-order valence-corrected chi connectivity index (χ0v) is 27.3. The van der Waals surface area contributed by atoms with E-state index in [1.165, 1.54) is 14.0 Å². The van der Waals surface area contributed by atoms with Crippen LogP contribution in [0.2, 0.25) is 0 Å². The number of aryl methyl sites for hydroxylation is 1. The van der Waals surface area contributed by atoms with Crippen LogP contribution in [0.5, 0.6) is 17.2 Å². The summed E-state index contributed by atoms with van der Waals surface area (Å²) in [6, 6.07) is 23.2. The molecule has 0 fully saturated rings. The molecule has 2 aliphatic heterocycles. The Labute approximate surface area is 281 Å². The number of Topliss-reactive ketones (excluding diaryl/α,β-unsaturated/α-hetero) is 1. The van der Waals surface area contributed by atoms with E-state index < -0.39 is 5.97 Å². The fraction of sp³-hybridized carbons (Fsp3) is 0.216. The molecule has 0 bridgehead atoms. The molecule has 7 rings (SSSR count). The van der Waals surface area contributed by atoms with E-state index in [2.05, 4.69) is 4.98 Å². The number of ketones is 1. The van der Waals surface area contributed by atoms with E-state index in [9.17, 15) is 19.2 Å². The van der Waals surface area contributed by atoms with Crippen molar-refractivity contribution in [1.29, 1.82) is 0 Å². The molecule has 250 valence electrons. The predicted octanol–water partition coefficient (Wildman–Crippen LogP) is 5.67. The molecule has 2 amide bonds. The number of rotatable bonds is 7. The number of hydrogen-bond acceptors (Lipinski definition) is 10. The van der Waals surface area contributed by atoms with Crippen LogP contribution >= 0.6 is 0 Å². The van der Waals surface area contributed by atoms with Gasteiger partial charge in [-0.25, -0.2) is 9.78 Å². The van der Waals surface area contributed by atoms with Crippen molar-refractivity contribution in [2.24, 2.45) is 0 Å². The van der Waals surface area contributed by atoms with Gasteiger partial charge < -0.3 is 28.3 Å². The maximum absolute atomic E-state index is 12.4. The van der Waals surface area contributed by atoms with Crippen molar-refractivity contribution < 1.29 is 42.5 Å². The summed E-state index contributed by atoms with van der Waals surface area (Å²) in [5, 5.41) is 0. The van der Waals surface area contributed by atoms with E-state index in [0.29, 0.717) is 52.0 Å². The molecule has 3 heterocycles. The average Bonchev–Trinajstić information content (AvgIpc) is 3.52. The van der Waals surface area contributed by atoms with Gasteiger partial charge in [-0.1, -0.05) is 18.2 Å². The summed E-state index contributed by atoms with van der Waals surface area (Å²) in [4.78, 5) is 55.6. The molecule has 12 nitrogen and oxygen atoms in total. The Kier molecular flexibility index (Phi) is 9.29. The molecule has 0 atom stereocenters. The number of anilines is 2.